The van der Waals surface area contributed by atoms with Gasteiger partial charge in [0.25, 0.3) is 23.6 Å². The van der Waals surface area contributed by atoms with E-state index in [4.69, 9.17) is 18.9 Å². The highest BCUT2D eigenvalue weighted by molar-refractivity contribution is 6.48. The van der Waals surface area contributed by atoms with E-state index in [0.29, 0.717) is 129 Å². The Balaban J connectivity index is 0.971. The Morgan fingerprint density at radius 1 is 0.235 bits per heavy atom. The Hall–Kier alpha value is -13.2. The number of carbonyl (C=O) groups excluding carboxylic acids is 4. The van der Waals surface area contributed by atoms with Crippen molar-refractivity contribution in [3.63, 3.8) is 0 Å². The molecule has 0 aliphatic carbocycles. The van der Waals surface area contributed by atoms with Crippen molar-refractivity contribution in [1.29, 1.82) is 0 Å². The molecule has 11 aromatic carbocycles. The second-order valence-corrected chi connectivity index (χ2v) is 25.5. The molecule has 4 aromatic heterocycles. The number of fused-ring (bicyclic) bond motifs is 2. The van der Waals surface area contributed by atoms with Crippen LogP contribution < -0.4 is 28.7 Å². The van der Waals surface area contributed by atoms with Crippen LogP contribution in [-0.4, -0.2) is 43.6 Å². The van der Waals surface area contributed by atoms with Crippen LogP contribution >= 0.6 is 0 Å². The number of imide groups is 2. The molecule has 102 heavy (non-hydrogen) atoms. The van der Waals surface area contributed by atoms with Gasteiger partial charge in [-0.3, -0.25) is 39.1 Å². The van der Waals surface area contributed by atoms with E-state index in [1.54, 1.807) is 73.8 Å². The van der Waals surface area contributed by atoms with Gasteiger partial charge in [-0.1, -0.05) is 109 Å². The quantitative estimate of drug-likeness (QED) is 0.0359. The summed E-state index contributed by atoms with van der Waals surface area (Å²) in [5.74, 6) is 0.306. The lowest BCUT2D eigenvalue weighted by Crippen LogP contribution is -2.42. The zero-order valence-corrected chi connectivity index (χ0v) is 55.2. The van der Waals surface area contributed by atoms with E-state index < -0.39 is 23.6 Å². The average Bonchev–Trinajstić information content (AvgIpc) is 0.671. The highest BCUT2D eigenvalue weighted by atomic mass is 16.5. The number of anilines is 2. The second-order valence-electron chi connectivity index (χ2n) is 25.5. The van der Waals surface area contributed by atoms with E-state index in [2.05, 4.69) is 19.9 Å². The number of aromatic nitrogens is 4. The predicted octanol–water partition coefficient (Wildman–Crippen LogP) is 19.2. The molecule has 6 heterocycles. The van der Waals surface area contributed by atoms with Crippen molar-refractivity contribution >= 4 is 78.1 Å². The molecule has 0 saturated carbocycles. The third kappa shape index (κ3) is 11.6. The zero-order valence-electron chi connectivity index (χ0n) is 55.2. The Labute approximate surface area is 587 Å². The zero-order chi connectivity index (χ0) is 68.6. The van der Waals surface area contributed by atoms with E-state index in [0.717, 1.165) is 44.5 Å². The number of nitrogens with zero attached hydrogens (tertiary/aromatic N) is 6. The number of ether oxygens (including phenoxy) is 4. The van der Waals surface area contributed by atoms with Crippen LogP contribution in [-0.2, 0) is 51.4 Å². The lowest BCUT2D eigenvalue weighted by Gasteiger charge is -2.34. The molecule has 0 saturated heterocycles. The largest absolute Gasteiger partial charge is 0.457 e. The minimum atomic E-state index is -0.573. The molecule has 492 valence electrons. The summed E-state index contributed by atoms with van der Waals surface area (Å²) in [5, 5.41) is 3.12. The molecule has 14 nitrogen and oxygen atoms in total. The number of hydrogen-bond acceptors (Lipinski definition) is 12. The number of hydrogen-bond donors (Lipinski definition) is 0. The van der Waals surface area contributed by atoms with Crippen molar-refractivity contribution < 1.29 is 38.1 Å². The predicted molar refractivity (Wildman–Crippen MR) is 395 cm³/mol. The third-order valence-electron chi connectivity index (χ3n) is 19.4. The van der Waals surface area contributed by atoms with Crippen LogP contribution in [0.25, 0.3) is 43.1 Å². The third-order valence-corrected chi connectivity index (χ3v) is 19.4. The number of carbonyl (C=O) groups is 4. The number of para-hydroxylation sites is 6. The van der Waals surface area contributed by atoms with Gasteiger partial charge < -0.3 is 18.9 Å². The molecule has 0 fully saturated rings. The highest BCUT2D eigenvalue weighted by Gasteiger charge is 2.44. The highest BCUT2D eigenvalue weighted by Crippen LogP contribution is 2.58. The van der Waals surface area contributed by atoms with Gasteiger partial charge in [0.1, 0.15) is 46.0 Å². The van der Waals surface area contributed by atoms with Gasteiger partial charge in [-0.05, 0) is 217 Å². The minimum Gasteiger partial charge on any atom is -0.457 e. The molecule has 2 aliphatic rings. The molecule has 0 radical (unpaired) electrons. The van der Waals surface area contributed by atoms with E-state index in [-0.39, 0.29) is 45.3 Å². The van der Waals surface area contributed by atoms with Crippen LogP contribution in [0.15, 0.2) is 280 Å². The molecule has 4 amide bonds. The summed E-state index contributed by atoms with van der Waals surface area (Å²) >= 11 is 0. The lowest BCUT2D eigenvalue weighted by atomic mass is 9.80. The molecule has 0 unspecified atom stereocenters. The van der Waals surface area contributed by atoms with Crippen molar-refractivity contribution in [2.45, 2.75) is 51.4 Å². The minimum absolute atomic E-state index is 0.180. The van der Waals surface area contributed by atoms with Gasteiger partial charge in [0.2, 0.25) is 0 Å². The van der Waals surface area contributed by atoms with Crippen LogP contribution in [0.5, 0.6) is 46.0 Å². The first-order valence-electron chi connectivity index (χ1n) is 34.1. The topological polar surface area (TPSA) is 163 Å². The fourth-order valence-electron chi connectivity index (χ4n) is 14.7. The summed E-state index contributed by atoms with van der Waals surface area (Å²) in [4.78, 5) is 86.7. The van der Waals surface area contributed by atoms with E-state index in [1.807, 2.05) is 206 Å². The van der Waals surface area contributed by atoms with Gasteiger partial charge in [0.05, 0.1) is 33.6 Å². The van der Waals surface area contributed by atoms with Crippen molar-refractivity contribution in [3.8, 4) is 46.0 Å². The molecule has 2 aliphatic heterocycles. The number of rotatable bonds is 22. The summed E-state index contributed by atoms with van der Waals surface area (Å²) in [7, 11) is 0. The van der Waals surface area contributed by atoms with E-state index in [1.165, 1.54) is 9.80 Å². The average molecular weight is 1330 g/mol. The Morgan fingerprint density at radius 2 is 0.461 bits per heavy atom. The summed E-state index contributed by atoms with van der Waals surface area (Å²) < 4.78 is 29.2. The van der Waals surface area contributed by atoms with Gasteiger partial charge in [-0.15, -0.1) is 0 Å². The normalized spacial score (nSPS) is 12.7. The molecular weight excluding hydrogens is 1270 g/mol. The number of amides is 4. The molecule has 0 N–H and O–H groups in total. The standard InChI is InChI=1S/C88H62N6O8/c95-85-67-51-71(99-63-19-5-1-6-20-63)77-78-72(100-64-21-7-2-8-22-64)52-69-76-70(88(98)94(87(69)97)84-61(33-29-57-39-47-91-48-40-57)17-14-18-62(84)34-30-58-41-49-92-50-42-58)54-74(102-66-25-11-4-12-26-66)80(82(76)78)79-73(101-65-23-9-3-10-24-65)53-68(75(67)81(77)79)86(96)93(85)83-59(31-27-55-35-43-89-44-36-55)15-13-16-60(83)32-28-56-37-45-90-46-38-56/h1-26,35-54H,27-34H2. The molecule has 0 bridgehead atoms. The number of benzene rings is 11. The molecule has 14 heteroatoms. The Morgan fingerprint density at radius 3 is 0.686 bits per heavy atom. The van der Waals surface area contributed by atoms with Crippen LogP contribution in [0.2, 0.25) is 0 Å². The number of aryl methyl sites for hydroxylation is 8. The SMILES string of the molecule is O=C1c2cc(Oc3ccccc3)c3c4c(Oc5ccccc5)cc5c6c(cc(Oc7ccccc7)c(c7c(Oc8ccccc8)cc(c2c37)C(=O)N1c1c(CCc2ccncc2)cccc1CCc1ccncc1)c64)C(=O)N(c1c(CCc2ccncc2)cccc1CCc1ccncc1)C5=O. The first-order valence-corrected chi connectivity index (χ1v) is 34.1. The van der Waals surface area contributed by atoms with Crippen LogP contribution in [0.1, 0.15) is 85.9 Å². The van der Waals surface area contributed by atoms with E-state index in [9.17, 15) is 0 Å². The van der Waals surface area contributed by atoms with E-state index >= 15 is 19.2 Å². The van der Waals surface area contributed by atoms with Crippen molar-refractivity contribution in [3.05, 3.63) is 347 Å². The molecular formula is C88H62N6O8. The van der Waals surface area contributed by atoms with Crippen molar-refractivity contribution in [1.82, 2.24) is 19.9 Å². The van der Waals surface area contributed by atoms with Gasteiger partial charge >= 0.3 is 0 Å². The lowest BCUT2D eigenvalue weighted by molar-refractivity contribution is 0.0877. The fraction of sp³-hybridized carbons (Fsp3) is 0.0909. The number of pyridine rings is 4. The van der Waals surface area contributed by atoms with Crippen molar-refractivity contribution in [2.24, 2.45) is 0 Å². The molecule has 0 atom stereocenters. The maximum absolute atomic E-state index is 16.7. The maximum Gasteiger partial charge on any atom is 0.266 e. The summed E-state index contributed by atoms with van der Waals surface area (Å²) in [5.41, 5.74) is 9.08. The van der Waals surface area contributed by atoms with Gasteiger partial charge in [-0.2, -0.15) is 0 Å². The Bertz CT molecular complexity index is 5030. The molecule has 17 rings (SSSR count). The fourth-order valence-corrected chi connectivity index (χ4v) is 14.7. The van der Waals surface area contributed by atoms with Gasteiger partial charge in [-0.25, -0.2) is 9.80 Å². The molecule has 0 spiro atoms. The van der Waals surface area contributed by atoms with Crippen molar-refractivity contribution in [2.75, 3.05) is 9.80 Å². The van der Waals surface area contributed by atoms with Crippen LogP contribution in [0.3, 0.4) is 0 Å². The smallest absolute Gasteiger partial charge is 0.266 e. The monoisotopic (exact) mass is 1330 g/mol. The Kier molecular flexibility index (Phi) is 16.4. The second kappa shape index (κ2) is 26.9. The first kappa shape index (κ1) is 62.3. The van der Waals surface area contributed by atoms with Crippen LogP contribution in [0.4, 0.5) is 11.4 Å². The first-order chi connectivity index (χ1) is 50.3. The summed E-state index contributed by atoms with van der Waals surface area (Å²) in [6.07, 6.45) is 18.4. The summed E-state index contributed by atoms with van der Waals surface area (Å²) in [6, 6.07) is 71.9. The van der Waals surface area contributed by atoms with Crippen LogP contribution in [0, 0.1) is 0 Å². The summed E-state index contributed by atoms with van der Waals surface area (Å²) in [6.45, 7) is 0. The van der Waals surface area contributed by atoms with Gasteiger partial charge in [0.15, 0.2) is 0 Å². The molecule has 15 aromatic rings. The maximum atomic E-state index is 16.7. The van der Waals surface area contributed by atoms with Gasteiger partial charge in [0, 0.05) is 92.7 Å².